The first kappa shape index (κ1) is 14.7. The van der Waals surface area contributed by atoms with Crippen LogP contribution in [0.4, 0.5) is 0 Å². The third-order valence-electron chi connectivity index (χ3n) is 4.21. The standard InChI is InChI=1S/C15H21NO4/c1-15(2)12(8-13(15)20-4)16-14(18)9-5-6-11(19-3)10(17)7-9/h5-7,12-13,17H,8H2,1-4H3,(H,16,18). The maximum absolute atomic E-state index is 12.2. The average molecular weight is 279 g/mol. The molecule has 0 radical (unpaired) electrons. The van der Waals surface area contributed by atoms with E-state index >= 15 is 0 Å². The largest absolute Gasteiger partial charge is 0.504 e. The number of carbonyl (C=O) groups excluding carboxylic acids is 1. The van der Waals surface area contributed by atoms with Crippen molar-refractivity contribution in [2.24, 2.45) is 5.41 Å². The summed E-state index contributed by atoms with van der Waals surface area (Å²) in [5, 5.41) is 12.7. The molecule has 5 nitrogen and oxygen atoms in total. The first-order valence-electron chi connectivity index (χ1n) is 6.60. The van der Waals surface area contributed by atoms with Crippen LogP contribution in [0, 0.1) is 5.41 Å². The van der Waals surface area contributed by atoms with E-state index in [0.717, 1.165) is 6.42 Å². The number of phenols is 1. The van der Waals surface area contributed by atoms with Gasteiger partial charge in [0.25, 0.3) is 5.91 Å². The Balaban J connectivity index is 2.05. The molecule has 2 rings (SSSR count). The zero-order chi connectivity index (χ0) is 14.9. The van der Waals surface area contributed by atoms with Crippen molar-refractivity contribution in [2.45, 2.75) is 32.4 Å². The number of rotatable bonds is 4. The lowest BCUT2D eigenvalue weighted by atomic mass is 9.64. The van der Waals surface area contributed by atoms with Crippen molar-refractivity contribution < 1.29 is 19.4 Å². The molecule has 2 N–H and O–H groups in total. The molecular formula is C15H21NO4. The Kier molecular flexibility index (Phi) is 3.90. The second-order valence-electron chi connectivity index (χ2n) is 5.69. The first-order chi connectivity index (χ1) is 9.40. The van der Waals surface area contributed by atoms with Crippen LogP contribution < -0.4 is 10.1 Å². The van der Waals surface area contributed by atoms with Gasteiger partial charge in [-0.15, -0.1) is 0 Å². The molecule has 0 aromatic heterocycles. The van der Waals surface area contributed by atoms with E-state index in [-0.39, 0.29) is 29.2 Å². The second kappa shape index (κ2) is 5.32. The minimum atomic E-state index is -0.199. The number of nitrogens with one attached hydrogen (secondary N) is 1. The summed E-state index contributed by atoms with van der Waals surface area (Å²) in [4.78, 5) is 12.2. The monoisotopic (exact) mass is 279 g/mol. The highest BCUT2D eigenvalue weighted by atomic mass is 16.5. The number of carbonyl (C=O) groups is 1. The molecule has 1 aliphatic rings. The number of hydrogen-bond donors (Lipinski definition) is 2. The summed E-state index contributed by atoms with van der Waals surface area (Å²) in [6, 6.07) is 4.69. The molecule has 1 aromatic rings. The van der Waals surface area contributed by atoms with E-state index in [1.54, 1.807) is 19.2 Å². The van der Waals surface area contributed by atoms with Crippen LogP contribution in [-0.2, 0) is 4.74 Å². The number of benzene rings is 1. The van der Waals surface area contributed by atoms with E-state index in [4.69, 9.17) is 9.47 Å². The van der Waals surface area contributed by atoms with Crippen molar-refractivity contribution in [2.75, 3.05) is 14.2 Å². The summed E-state index contributed by atoms with van der Waals surface area (Å²) in [7, 11) is 3.16. The third-order valence-corrected chi connectivity index (χ3v) is 4.21. The van der Waals surface area contributed by atoms with Crippen LogP contribution in [0.1, 0.15) is 30.6 Å². The summed E-state index contributed by atoms with van der Waals surface area (Å²) in [6.45, 7) is 4.14. The summed E-state index contributed by atoms with van der Waals surface area (Å²) >= 11 is 0. The molecule has 2 unspecified atom stereocenters. The molecule has 1 fully saturated rings. The van der Waals surface area contributed by atoms with E-state index in [9.17, 15) is 9.90 Å². The van der Waals surface area contributed by atoms with Crippen LogP contribution in [0.3, 0.4) is 0 Å². The van der Waals surface area contributed by atoms with E-state index in [1.807, 2.05) is 0 Å². The number of methoxy groups -OCH3 is 2. The lowest BCUT2D eigenvalue weighted by Gasteiger charge is -2.51. The van der Waals surface area contributed by atoms with E-state index in [1.165, 1.54) is 13.2 Å². The van der Waals surface area contributed by atoms with Crippen LogP contribution in [0.5, 0.6) is 11.5 Å². The third kappa shape index (κ3) is 2.45. The Bertz CT molecular complexity index is 513. The number of ether oxygens (including phenoxy) is 2. The molecule has 1 aromatic carbocycles. The van der Waals surface area contributed by atoms with Crippen molar-refractivity contribution >= 4 is 5.91 Å². The molecule has 0 saturated heterocycles. The highest BCUT2D eigenvalue weighted by Gasteiger charge is 2.49. The molecule has 2 atom stereocenters. The fraction of sp³-hybridized carbons (Fsp3) is 0.533. The average Bonchev–Trinajstić information content (AvgIpc) is 2.42. The summed E-state index contributed by atoms with van der Waals surface area (Å²) < 4.78 is 10.3. The number of phenolic OH excluding ortho intramolecular Hbond substituents is 1. The Hall–Kier alpha value is -1.75. The summed E-state index contributed by atoms with van der Waals surface area (Å²) in [6.07, 6.45) is 0.967. The minimum Gasteiger partial charge on any atom is -0.504 e. The zero-order valence-electron chi connectivity index (χ0n) is 12.3. The van der Waals surface area contributed by atoms with Gasteiger partial charge in [-0.2, -0.15) is 0 Å². The van der Waals surface area contributed by atoms with Gasteiger partial charge < -0.3 is 19.9 Å². The summed E-state index contributed by atoms with van der Waals surface area (Å²) in [5.41, 5.74) is 0.332. The van der Waals surface area contributed by atoms with Gasteiger partial charge in [0.1, 0.15) is 0 Å². The lowest BCUT2D eigenvalue weighted by molar-refractivity contribution is -0.0942. The van der Waals surface area contributed by atoms with E-state index in [0.29, 0.717) is 11.3 Å². The van der Waals surface area contributed by atoms with Crippen LogP contribution in [0.15, 0.2) is 18.2 Å². The predicted molar refractivity (Wildman–Crippen MR) is 75.1 cm³/mol. The van der Waals surface area contributed by atoms with Crippen LogP contribution in [-0.4, -0.2) is 37.4 Å². The SMILES string of the molecule is COc1ccc(C(=O)NC2CC(OC)C2(C)C)cc1O. The molecule has 0 spiro atoms. The molecule has 1 aliphatic carbocycles. The lowest BCUT2D eigenvalue weighted by Crippen LogP contribution is -2.61. The maximum atomic E-state index is 12.2. The molecule has 5 heteroatoms. The molecule has 20 heavy (non-hydrogen) atoms. The molecule has 1 saturated carbocycles. The molecule has 110 valence electrons. The molecule has 1 amide bonds. The van der Waals surface area contributed by atoms with Gasteiger partial charge in [-0.3, -0.25) is 4.79 Å². The van der Waals surface area contributed by atoms with Gasteiger partial charge in [-0.25, -0.2) is 0 Å². The van der Waals surface area contributed by atoms with Crippen LogP contribution in [0.25, 0.3) is 0 Å². The van der Waals surface area contributed by atoms with Crippen LogP contribution >= 0.6 is 0 Å². The van der Waals surface area contributed by atoms with Crippen molar-refractivity contribution in [3.63, 3.8) is 0 Å². The van der Waals surface area contributed by atoms with Gasteiger partial charge in [0.05, 0.1) is 13.2 Å². The van der Waals surface area contributed by atoms with Gasteiger partial charge in [0, 0.05) is 24.1 Å². The zero-order valence-corrected chi connectivity index (χ0v) is 12.3. The van der Waals surface area contributed by atoms with Gasteiger partial charge in [0.2, 0.25) is 0 Å². The fourth-order valence-corrected chi connectivity index (χ4v) is 2.60. The minimum absolute atomic E-state index is 0.0391. The molecule has 0 bridgehead atoms. The van der Waals surface area contributed by atoms with E-state index in [2.05, 4.69) is 19.2 Å². The normalized spacial score (nSPS) is 23.8. The number of amides is 1. The Labute approximate surface area is 118 Å². The fourth-order valence-electron chi connectivity index (χ4n) is 2.60. The quantitative estimate of drug-likeness (QED) is 0.884. The number of aromatic hydroxyl groups is 1. The Morgan fingerprint density at radius 1 is 1.40 bits per heavy atom. The van der Waals surface area contributed by atoms with Crippen molar-refractivity contribution in [3.05, 3.63) is 23.8 Å². The van der Waals surface area contributed by atoms with Crippen molar-refractivity contribution in [3.8, 4) is 11.5 Å². The Morgan fingerprint density at radius 3 is 2.60 bits per heavy atom. The Morgan fingerprint density at radius 2 is 2.10 bits per heavy atom. The van der Waals surface area contributed by atoms with E-state index < -0.39 is 0 Å². The molecule has 0 heterocycles. The van der Waals surface area contributed by atoms with Crippen molar-refractivity contribution in [1.82, 2.24) is 5.32 Å². The highest BCUT2D eigenvalue weighted by Crippen LogP contribution is 2.42. The topological polar surface area (TPSA) is 67.8 Å². The second-order valence-corrected chi connectivity index (χ2v) is 5.69. The maximum Gasteiger partial charge on any atom is 0.251 e. The van der Waals surface area contributed by atoms with Crippen molar-refractivity contribution in [1.29, 1.82) is 0 Å². The van der Waals surface area contributed by atoms with Gasteiger partial charge in [-0.1, -0.05) is 13.8 Å². The smallest absolute Gasteiger partial charge is 0.251 e. The predicted octanol–water partition coefficient (Wildman–Crippen LogP) is 1.94. The van der Waals surface area contributed by atoms with Gasteiger partial charge in [0.15, 0.2) is 11.5 Å². The van der Waals surface area contributed by atoms with Crippen LogP contribution in [0.2, 0.25) is 0 Å². The molecule has 0 aliphatic heterocycles. The van der Waals surface area contributed by atoms with Gasteiger partial charge >= 0.3 is 0 Å². The highest BCUT2D eigenvalue weighted by molar-refractivity contribution is 5.95. The summed E-state index contributed by atoms with van der Waals surface area (Å²) in [5.74, 6) is 0.114. The van der Waals surface area contributed by atoms with Gasteiger partial charge in [-0.05, 0) is 24.6 Å². The molecular weight excluding hydrogens is 258 g/mol. The first-order valence-corrected chi connectivity index (χ1v) is 6.60. The number of hydrogen-bond acceptors (Lipinski definition) is 4.